The third kappa shape index (κ3) is 3.59. The molecule has 0 aromatic heterocycles. The van der Waals surface area contributed by atoms with Crippen LogP contribution in [-0.4, -0.2) is 29.1 Å². The van der Waals surface area contributed by atoms with Gasteiger partial charge in [-0.25, -0.2) is 0 Å². The first kappa shape index (κ1) is 15.3. The Hall–Kier alpha value is -1.59. The molecule has 0 saturated carbocycles. The second kappa shape index (κ2) is 7.11. The molecule has 0 atom stereocenters. The van der Waals surface area contributed by atoms with E-state index in [0.717, 1.165) is 15.4 Å². The zero-order valence-electron chi connectivity index (χ0n) is 11.9. The minimum atomic E-state index is 0.0179. The fourth-order valence-electron chi connectivity index (χ4n) is 2.21. The van der Waals surface area contributed by atoms with Gasteiger partial charge in [0.25, 0.3) is 5.91 Å². The molecule has 1 amide bonds. The summed E-state index contributed by atoms with van der Waals surface area (Å²) in [5.74, 6) is 0.841. The molecule has 3 nitrogen and oxygen atoms in total. The third-order valence-electron chi connectivity index (χ3n) is 3.35. The smallest absolute Gasteiger partial charge is 0.259 e. The molecule has 0 fully saturated rings. The molecule has 0 unspecified atom stereocenters. The number of nitrogens with zero attached hydrogens (tertiary/aromatic N) is 2. The molecule has 1 aliphatic heterocycles. The standard InChI is InChI=1S/C17H15BrN2OS/c18-15-8-6-14(7-9-15)16(21)20-11-10-19-17(20)22-12-13-4-2-1-3-5-13/h1-9H,10-12H2. The van der Waals surface area contributed by atoms with E-state index in [2.05, 4.69) is 33.1 Å². The molecule has 0 N–H and O–H groups in total. The molecule has 3 rings (SSSR count). The highest BCUT2D eigenvalue weighted by Gasteiger charge is 2.24. The van der Waals surface area contributed by atoms with E-state index < -0.39 is 0 Å². The van der Waals surface area contributed by atoms with E-state index in [-0.39, 0.29) is 5.91 Å². The van der Waals surface area contributed by atoms with Crippen molar-refractivity contribution in [1.82, 2.24) is 4.90 Å². The molecule has 0 bridgehead atoms. The van der Waals surface area contributed by atoms with Gasteiger partial charge in [-0.15, -0.1) is 0 Å². The molecule has 0 spiro atoms. The van der Waals surface area contributed by atoms with Gasteiger partial charge in [0.1, 0.15) is 0 Å². The lowest BCUT2D eigenvalue weighted by molar-refractivity contribution is 0.0860. The van der Waals surface area contributed by atoms with Crippen molar-refractivity contribution in [2.45, 2.75) is 5.75 Å². The van der Waals surface area contributed by atoms with Gasteiger partial charge in [-0.2, -0.15) is 0 Å². The van der Waals surface area contributed by atoms with Gasteiger partial charge >= 0.3 is 0 Å². The number of carbonyl (C=O) groups is 1. The van der Waals surface area contributed by atoms with Crippen LogP contribution >= 0.6 is 27.7 Å². The van der Waals surface area contributed by atoms with Crippen molar-refractivity contribution >= 4 is 38.8 Å². The Labute approximate surface area is 142 Å². The normalized spacial score (nSPS) is 14.0. The molecule has 5 heteroatoms. The summed E-state index contributed by atoms with van der Waals surface area (Å²) in [5.41, 5.74) is 1.93. The predicted octanol–water partition coefficient (Wildman–Crippen LogP) is 4.19. The van der Waals surface area contributed by atoms with E-state index in [1.54, 1.807) is 16.7 Å². The number of rotatable bonds is 3. The van der Waals surface area contributed by atoms with E-state index >= 15 is 0 Å². The van der Waals surface area contributed by atoms with Crippen LogP contribution in [-0.2, 0) is 5.75 Å². The van der Waals surface area contributed by atoms with Gasteiger partial charge in [0, 0.05) is 22.3 Å². The Kier molecular flexibility index (Phi) is 4.95. The Bertz CT molecular complexity index is 686. The molecule has 112 valence electrons. The summed E-state index contributed by atoms with van der Waals surface area (Å²) in [4.78, 5) is 18.8. The summed E-state index contributed by atoms with van der Waals surface area (Å²) in [6.07, 6.45) is 0. The van der Waals surface area contributed by atoms with Crippen LogP contribution in [0.3, 0.4) is 0 Å². The highest BCUT2D eigenvalue weighted by molar-refractivity contribution is 9.10. The average molecular weight is 375 g/mol. The SMILES string of the molecule is O=C(c1ccc(Br)cc1)N1CCN=C1SCc1ccccc1. The van der Waals surface area contributed by atoms with Gasteiger partial charge in [-0.05, 0) is 29.8 Å². The van der Waals surface area contributed by atoms with Gasteiger partial charge in [0.15, 0.2) is 5.17 Å². The van der Waals surface area contributed by atoms with Gasteiger partial charge in [0.05, 0.1) is 6.54 Å². The largest absolute Gasteiger partial charge is 0.286 e. The number of hydrogen-bond donors (Lipinski definition) is 0. The predicted molar refractivity (Wildman–Crippen MR) is 95.2 cm³/mol. The van der Waals surface area contributed by atoms with Crippen molar-refractivity contribution in [3.05, 3.63) is 70.2 Å². The van der Waals surface area contributed by atoms with Crippen LogP contribution in [0.15, 0.2) is 64.1 Å². The van der Waals surface area contributed by atoms with Crippen LogP contribution < -0.4 is 0 Å². The lowest BCUT2D eigenvalue weighted by Crippen LogP contribution is -2.32. The Morgan fingerprint density at radius 3 is 2.59 bits per heavy atom. The average Bonchev–Trinajstić information content (AvgIpc) is 3.02. The zero-order valence-corrected chi connectivity index (χ0v) is 14.3. The Morgan fingerprint density at radius 1 is 1.14 bits per heavy atom. The Balaban J connectivity index is 1.67. The van der Waals surface area contributed by atoms with E-state index in [4.69, 9.17) is 0 Å². The molecular formula is C17H15BrN2OS. The molecule has 1 aliphatic rings. The first-order valence-corrected chi connectivity index (χ1v) is 8.80. The first-order valence-electron chi connectivity index (χ1n) is 7.02. The number of carbonyl (C=O) groups excluding carboxylic acids is 1. The summed E-state index contributed by atoms with van der Waals surface area (Å²) in [6.45, 7) is 1.34. The van der Waals surface area contributed by atoms with Gasteiger partial charge in [-0.1, -0.05) is 58.0 Å². The van der Waals surface area contributed by atoms with Crippen LogP contribution in [0, 0.1) is 0 Å². The van der Waals surface area contributed by atoms with Crippen LogP contribution in [0.2, 0.25) is 0 Å². The van der Waals surface area contributed by atoms with Crippen molar-refractivity contribution in [3.63, 3.8) is 0 Å². The topological polar surface area (TPSA) is 32.7 Å². The highest BCUT2D eigenvalue weighted by Crippen LogP contribution is 2.22. The maximum absolute atomic E-state index is 12.6. The van der Waals surface area contributed by atoms with Crippen molar-refractivity contribution in [2.24, 2.45) is 4.99 Å². The highest BCUT2D eigenvalue weighted by atomic mass is 79.9. The molecule has 0 radical (unpaired) electrons. The quantitative estimate of drug-likeness (QED) is 0.806. The Morgan fingerprint density at radius 2 is 1.86 bits per heavy atom. The molecule has 0 aliphatic carbocycles. The summed E-state index contributed by atoms with van der Waals surface area (Å²) in [6, 6.07) is 17.7. The maximum atomic E-state index is 12.6. The molecule has 0 saturated heterocycles. The summed E-state index contributed by atoms with van der Waals surface area (Å²) >= 11 is 5.01. The number of hydrogen-bond acceptors (Lipinski definition) is 3. The van der Waals surface area contributed by atoms with E-state index in [1.165, 1.54) is 5.56 Å². The van der Waals surface area contributed by atoms with Crippen molar-refractivity contribution in [2.75, 3.05) is 13.1 Å². The lowest BCUT2D eigenvalue weighted by atomic mass is 10.2. The number of amides is 1. The van der Waals surface area contributed by atoms with Crippen molar-refractivity contribution < 1.29 is 4.79 Å². The van der Waals surface area contributed by atoms with Crippen molar-refractivity contribution in [3.8, 4) is 0 Å². The molecule has 22 heavy (non-hydrogen) atoms. The lowest BCUT2D eigenvalue weighted by Gasteiger charge is -2.18. The van der Waals surface area contributed by atoms with Gasteiger partial charge in [0.2, 0.25) is 0 Å². The van der Waals surface area contributed by atoms with Crippen LogP contribution in [0.25, 0.3) is 0 Å². The third-order valence-corrected chi connectivity index (χ3v) is 4.96. The fraction of sp³-hybridized carbons (Fsp3) is 0.176. The van der Waals surface area contributed by atoms with Gasteiger partial charge in [-0.3, -0.25) is 14.7 Å². The molecule has 1 heterocycles. The van der Waals surface area contributed by atoms with Crippen LogP contribution in [0.4, 0.5) is 0 Å². The number of aliphatic imine (C=N–C) groups is 1. The second-order valence-electron chi connectivity index (χ2n) is 4.90. The van der Waals surface area contributed by atoms with E-state index in [9.17, 15) is 4.79 Å². The molecular weight excluding hydrogens is 360 g/mol. The van der Waals surface area contributed by atoms with E-state index in [0.29, 0.717) is 18.7 Å². The summed E-state index contributed by atoms with van der Waals surface area (Å²) in [5, 5.41) is 0.816. The number of halogens is 1. The van der Waals surface area contributed by atoms with E-state index in [1.807, 2.05) is 42.5 Å². The first-order chi connectivity index (χ1) is 10.7. The molecule has 2 aromatic carbocycles. The number of thioether (sulfide) groups is 1. The van der Waals surface area contributed by atoms with Crippen LogP contribution in [0.1, 0.15) is 15.9 Å². The zero-order chi connectivity index (χ0) is 15.4. The molecule has 2 aromatic rings. The minimum absolute atomic E-state index is 0.0179. The minimum Gasteiger partial charge on any atom is -0.286 e. The monoisotopic (exact) mass is 374 g/mol. The van der Waals surface area contributed by atoms with Gasteiger partial charge < -0.3 is 0 Å². The number of amidine groups is 1. The summed E-state index contributed by atoms with van der Waals surface area (Å²) in [7, 11) is 0. The van der Waals surface area contributed by atoms with Crippen molar-refractivity contribution in [1.29, 1.82) is 0 Å². The number of benzene rings is 2. The summed E-state index contributed by atoms with van der Waals surface area (Å²) < 4.78 is 0.970. The fourth-order valence-corrected chi connectivity index (χ4v) is 3.47. The second-order valence-corrected chi connectivity index (χ2v) is 6.76. The van der Waals surface area contributed by atoms with Crippen LogP contribution in [0.5, 0.6) is 0 Å². The maximum Gasteiger partial charge on any atom is 0.259 e.